The van der Waals surface area contributed by atoms with Gasteiger partial charge in [0.15, 0.2) is 0 Å². The van der Waals surface area contributed by atoms with Gasteiger partial charge in [0.05, 0.1) is 0 Å². The van der Waals surface area contributed by atoms with E-state index in [-0.39, 0.29) is 0 Å². The number of rotatable bonds is 36. The molecule has 0 N–H and O–H groups in total. The van der Waals surface area contributed by atoms with Crippen LogP contribution in [0.2, 0.25) is 0 Å². The Morgan fingerprint density at radius 2 is 0.583 bits per heavy atom. The van der Waals surface area contributed by atoms with Crippen molar-refractivity contribution >= 4 is 0 Å². The van der Waals surface area contributed by atoms with Gasteiger partial charge in [0.25, 0.3) is 0 Å². The normalized spacial score (nSPS) is 14.2. The van der Waals surface area contributed by atoms with Gasteiger partial charge in [-0.3, -0.25) is 0 Å². The fraction of sp³-hybridized carbons (Fsp3) is 1.00. The summed E-state index contributed by atoms with van der Waals surface area (Å²) in [6.07, 6.45) is 46.6. The molecule has 4 atom stereocenters. The summed E-state index contributed by atoms with van der Waals surface area (Å²) in [4.78, 5) is 0. The minimum Gasteiger partial charge on any atom is -0.0654 e. The Labute approximate surface area is 309 Å². The summed E-state index contributed by atoms with van der Waals surface area (Å²) in [6, 6.07) is 0. The molecule has 48 heavy (non-hydrogen) atoms. The van der Waals surface area contributed by atoms with Crippen LogP contribution >= 0.6 is 0 Å². The monoisotopic (exact) mass is 677 g/mol. The molecule has 0 amide bonds. The highest BCUT2D eigenvalue weighted by Gasteiger charge is 2.12. The Balaban J connectivity index is 0. The van der Waals surface area contributed by atoms with E-state index in [1.807, 2.05) is 0 Å². The van der Waals surface area contributed by atoms with Crippen molar-refractivity contribution in [3.63, 3.8) is 0 Å². The lowest BCUT2D eigenvalue weighted by Gasteiger charge is -2.20. The van der Waals surface area contributed by atoms with Gasteiger partial charge in [0.1, 0.15) is 0 Å². The van der Waals surface area contributed by atoms with E-state index in [1.54, 1.807) is 0 Å². The molecule has 4 unspecified atom stereocenters. The van der Waals surface area contributed by atoms with Gasteiger partial charge < -0.3 is 0 Å². The quantitative estimate of drug-likeness (QED) is 0.0579. The third-order valence-electron chi connectivity index (χ3n) is 11.4. The van der Waals surface area contributed by atoms with Crippen molar-refractivity contribution in [3.05, 3.63) is 0 Å². The summed E-state index contributed by atoms with van der Waals surface area (Å²) in [5.41, 5.74) is 0. The van der Waals surface area contributed by atoms with Crippen molar-refractivity contribution in [1.82, 2.24) is 0 Å². The van der Waals surface area contributed by atoms with Gasteiger partial charge in [0, 0.05) is 0 Å². The van der Waals surface area contributed by atoms with Crippen molar-refractivity contribution < 1.29 is 0 Å². The molecule has 0 aromatic carbocycles. The molecule has 0 fully saturated rings. The van der Waals surface area contributed by atoms with Crippen molar-refractivity contribution in [3.8, 4) is 0 Å². The molecule has 0 saturated carbocycles. The summed E-state index contributed by atoms with van der Waals surface area (Å²) in [5.74, 6) is 5.59. The minimum absolute atomic E-state index is 0.881. The summed E-state index contributed by atoms with van der Waals surface area (Å²) < 4.78 is 0. The van der Waals surface area contributed by atoms with E-state index in [0.717, 1.165) is 35.5 Å². The molecule has 0 bridgehead atoms. The maximum atomic E-state index is 2.50. The molecule has 0 radical (unpaired) electrons. The largest absolute Gasteiger partial charge is 0.0654 e. The van der Waals surface area contributed by atoms with E-state index in [9.17, 15) is 0 Å². The van der Waals surface area contributed by atoms with Gasteiger partial charge in [0.2, 0.25) is 0 Å². The smallest absolute Gasteiger partial charge is 0.0414 e. The fourth-order valence-corrected chi connectivity index (χ4v) is 7.68. The Bertz CT molecular complexity index is 560. The number of hydrogen-bond acceptors (Lipinski definition) is 0. The predicted molar refractivity (Wildman–Crippen MR) is 225 cm³/mol. The zero-order valence-corrected chi connectivity index (χ0v) is 36.1. The van der Waals surface area contributed by atoms with Crippen molar-refractivity contribution in [2.45, 2.75) is 275 Å². The van der Waals surface area contributed by atoms with Crippen LogP contribution < -0.4 is 0 Å². The van der Waals surface area contributed by atoms with Crippen LogP contribution in [0.4, 0.5) is 0 Å². The zero-order valence-electron chi connectivity index (χ0n) is 36.1. The maximum absolute atomic E-state index is 2.50. The molecule has 0 nitrogen and oxygen atoms in total. The van der Waals surface area contributed by atoms with E-state index in [1.165, 1.54) is 205 Å². The predicted octanol–water partition coefficient (Wildman–Crippen LogP) is 18.4. The van der Waals surface area contributed by atoms with E-state index in [0.29, 0.717) is 0 Å². The summed E-state index contributed by atoms with van der Waals surface area (Å²) in [7, 11) is 0. The second-order valence-corrected chi connectivity index (χ2v) is 18.0. The molecule has 0 aliphatic rings. The SMILES string of the molecule is CCCCCCCCCCCCC(C)CC(CC)CCCC(C)C.CCCCCCCCCCCCC(C)CCC(C)CCCC(C)C. The molecule has 0 heteroatoms. The van der Waals surface area contributed by atoms with E-state index < -0.39 is 0 Å². The molecule has 0 saturated heterocycles. The van der Waals surface area contributed by atoms with Gasteiger partial charge in [-0.15, -0.1) is 0 Å². The molecule has 0 aliphatic carbocycles. The van der Waals surface area contributed by atoms with Crippen molar-refractivity contribution in [2.24, 2.45) is 35.5 Å². The van der Waals surface area contributed by atoms with Crippen LogP contribution in [0.3, 0.4) is 0 Å². The molecule has 0 aromatic rings. The minimum atomic E-state index is 0.881. The van der Waals surface area contributed by atoms with E-state index >= 15 is 0 Å². The van der Waals surface area contributed by atoms with Crippen molar-refractivity contribution in [2.75, 3.05) is 0 Å². The van der Waals surface area contributed by atoms with Gasteiger partial charge in [-0.05, 0) is 41.9 Å². The first-order valence-electron chi connectivity index (χ1n) is 23.2. The Kier molecular flexibility index (Phi) is 41.5. The molecule has 292 valence electrons. The lowest BCUT2D eigenvalue weighted by Crippen LogP contribution is -2.06. The molecule has 0 aromatic heterocycles. The van der Waals surface area contributed by atoms with Crippen LogP contribution in [0.5, 0.6) is 0 Å². The Morgan fingerprint density at radius 1 is 0.271 bits per heavy atom. The van der Waals surface area contributed by atoms with Gasteiger partial charge in [-0.2, -0.15) is 0 Å². The zero-order chi connectivity index (χ0) is 36.1. The van der Waals surface area contributed by atoms with Crippen molar-refractivity contribution in [1.29, 1.82) is 0 Å². The number of unbranched alkanes of at least 4 members (excludes halogenated alkanes) is 18. The van der Waals surface area contributed by atoms with Crippen LogP contribution in [-0.2, 0) is 0 Å². The number of hydrogen-bond donors (Lipinski definition) is 0. The molecule has 0 spiro atoms. The van der Waals surface area contributed by atoms with E-state index in [4.69, 9.17) is 0 Å². The second-order valence-electron chi connectivity index (χ2n) is 18.0. The summed E-state index contributed by atoms with van der Waals surface area (Å²) >= 11 is 0. The van der Waals surface area contributed by atoms with Gasteiger partial charge in [-0.1, -0.05) is 268 Å². The first-order valence-corrected chi connectivity index (χ1v) is 23.2. The standard InChI is InChI=1S/2C24H50/c1-6-7-8-9-10-11-12-13-14-15-18-23(4)20-21-24(5)19-16-17-22(2)3;1-6-8-9-10-11-12-13-14-15-16-19-23(5)21-24(7-2)20-17-18-22(3)4/h2*22-24H,6-21H2,1-5H3. The van der Waals surface area contributed by atoms with Gasteiger partial charge in [-0.25, -0.2) is 0 Å². The first-order chi connectivity index (χ1) is 23.2. The highest BCUT2D eigenvalue weighted by atomic mass is 14.2. The third kappa shape index (κ3) is 42.2. The summed E-state index contributed by atoms with van der Waals surface area (Å²) in [5, 5.41) is 0. The molecule has 0 heterocycles. The van der Waals surface area contributed by atoms with E-state index in [2.05, 4.69) is 69.2 Å². The molecule has 0 aliphatic heterocycles. The maximum Gasteiger partial charge on any atom is -0.0414 e. The highest BCUT2D eigenvalue weighted by Crippen LogP contribution is 2.26. The molecule has 0 rings (SSSR count). The Morgan fingerprint density at radius 3 is 0.938 bits per heavy atom. The molecular weight excluding hydrogens is 577 g/mol. The van der Waals surface area contributed by atoms with Crippen LogP contribution in [0.1, 0.15) is 275 Å². The lowest BCUT2D eigenvalue weighted by molar-refractivity contribution is 0.325. The van der Waals surface area contributed by atoms with Crippen LogP contribution in [0.15, 0.2) is 0 Å². The Hall–Kier alpha value is 0. The van der Waals surface area contributed by atoms with Gasteiger partial charge >= 0.3 is 0 Å². The fourth-order valence-electron chi connectivity index (χ4n) is 7.68. The van der Waals surface area contributed by atoms with Crippen LogP contribution in [0, 0.1) is 35.5 Å². The highest BCUT2D eigenvalue weighted by molar-refractivity contribution is 4.65. The average Bonchev–Trinajstić information content (AvgIpc) is 3.05. The molecular formula is C48H100. The topological polar surface area (TPSA) is 0 Å². The second kappa shape index (κ2) is 39.8. The lowest BCUT2D eigenvalue weighted by atomic mass is 9.86. The average molecular weight is 677 g/mol. The first kappa shape index (κ1) is 50.1. The summed E-state index contributed by atoms with van der Waals surface area (Å²) in [6.45, 7) is 23.8. The third-order valence-corrected chi connectivity index (χ3v) is 11.4. The van der Waals surface area contributed by atoms with Crippen LogP contribution in [0.25, 0.3) is 0 Å². The van der Waals surface area contributed by atoms with Crippen LogP contribution in [-0.4, -0.2) is 0 Å².